The minimum atomic E-state index is -4.64. The van der Waals surface area contributed by atoms with Gasteiger partial charge >= 0.3 is 12.1 Å². The van der Waals surface area contributed by atoms with Crippen LogP contribution in [0.1, 0.15) is 18.1 Å². The van der Waals surface area contributed by atoms with Crippen molar-refractivity contribution in [1.82, 2.24) is 4.98 Å². The van der Waals surface area contributed by atoms with Crippen LogP contribution < -0.4 is 16.2 Å². The molecule has 0 aliphatic heterocycles. The van der Waals surface area contributed by atoms with E-state index < -0.39 is 17.7 Å². The molecule has 0 saturated carbocycles. The zero-order valence-electron chi connectivity index (χ0n) is 14.9. The topological polar surface area (TPSA) is 135 Å². The maximum atomic E-state index is 13.2. The molecule has 7 nitrogen and oxygen atoms in total. The smallest absolute Gasteiger partial charge is 0.420 e. The fraction of sp³-hybridized carbons (Fsp3) is 0.118. The summed E-state index contributed by atoms with van der Waals surface area (Å²) in [4.78, 5) is 14.5. The summed E-state index contributed by atoms with van der Waals surface area (Å²) < 4.78 is 44.8. The van der Waals surface area contributed by atoms with Crippen molar-refractivity contribution in [2.45, 2.75) is 13.1 Å². The highest BCUT2D eigenvalue weighted by Gasteiger charge is 2.34. The van der Waals surface area contributed by atoms with Gasteiger partial charge in [-0.2, -0.15) is 13.2 Å². The van der Waals surface area contributed by atoms with E-state index in [1.165, 1.54) is 37.5 Å². The Labute approximate surface area is 176 Å². The summed E-state index contributed by atoms with van der Waals surface area (Å²) in [7, 11) is 0. The van der Waals surface area contributed by atoms with Gasteiger partial charge in [0.05, 0.1) is 11.8 Å². The second-order valence-electron chi connectivity index (χ2n) is 5.13. The van der Waals surface area contributed by atoms with Crippen LogP contribution in [-0.4, -0.2) is 22.0 Å². The average Bonchev–Trinajstić information content (AvgIpc) is 2.55. The number of benzene rings is 1. The number of carboxylic acid groups (broad SMARTS) is 1. The molecule has 0 saturated heterocycles. The van der Waals surface area contributed by atoms with E-state index in [1.54, 1.807) is 0 Å². The van der Waals surface area contributed by atoms with E-state index in [9.17, 15) is 18.0 Å². The van der Waals surface area contributed by atoms with Crippen molar-refractivity contribution in [3.63, 3.8) is 0 Å². The first-order valence-corrected chi connectivity index (χ1v) is 7.31. The fourth-order valence-corrected chi connectivity index (χ4v) is 1.79. The van der Waals surface area contributed by atoms with Gasteiger partial charge in [0.25, 0.3) is 0 Å². The molecule has 1 heterocycles. The van der Waals surface area contributed by atoms with Crippen LogP contribution in [0.2, 0.25) is 0 Å². The normalized spacial score (nSPS) is 10.4. The summed E-state index contributed by atoms with van der Waals surface area (Å²) in [5, 5.41) is 14.9. The number of guanidine groups is 1. The van der Waals surface area contributed by atoms with E-state index in [1.807, 2.05) is 0 Å². The lowest BCUT2D eigenvalue weighted by molar-refractivity contribution is -0.138. The second kappa shape index (κ2) is 12.5. The highest BCUT2D eigenvalue weighted by Crippen LogP contribution is 2.38. The highest BCUT2D eigenvalue weighted by molar-refractivity contribution is 5.91. The van der Waals surface area contributed by atoms with Gasteiger partial charge in [-0.15, -0.1) is 24.8 Å². The number of rotatable bonds is 4. The van der Waals surface area contributed by atoms with Crippen LogP contribution in [0.15, 0.2) is 48.3 Å². The number of halogens is 5. The Morgan fingerprint density at radius 3 is 2.28 bits per heavy atom. The maximum absolute atomic E-state index is 13.2. The molecule has 0 unspecified atom stereocenters. The quantitative estimate of drug-likeness (QED) is 0.312. The minimum Gasteiger partial charge on any atom is -0.478 e. The van der Waals surface area contributed by atoms with E-state index >= 15 is 0 Å². The number of pyridine rings is 1. The molecule has 0 aliphatic carbocycles. The summed E-state index contributed by atoms with van der Waals surface area (Å²) in [6.07, 6.45) is -0.716. The molecule has 0 fully saturated rings. The van der Waals surface area contributed by atoms with Crippen LogP contribution in [0.4, 0.5) is 13.2 Å². The standard InChI is InChI=1S/C16H12F3NO3.CH5N3.2ClH/c1-10(15(21)22)7-11-4-5-14(13(8-11)16(17,18)19)23-12-3-2-6-20-9-12;2-1(3)4;;/h2-9H,1H3,(H,21,22);(H5,2,3,4);2*1H. The third-order valence-corrected chi connectivity index (χ3v) is 2.89. The Balaban J connectivity index is 0. The lowest BCUT2D eigenvalue weighted by Gasteiger charge is -2.14. The first kappa shape index (κ1) is 28.2. The Hall–Kier alpha value is -2.98. The zero-order chi connectivity index (χ0) is 20.6. The summed E-state index contributed by atoms with van der Waals surface area (Å²) in [5.74, 6) is -1.74. The van der Waals surface area contributed by atoms with Gasteiger partial charge in [0, 0.05) is 11.8 Å². The monoisotopic (exact) mass is 454 g/mol. The first-order valence-electron chi connectivity index (χ1n) is 7.31. The van der Waals surface area contributed by atoms with Crippen LogP contribution in [0.5, 0.6) is 11.5 Å². The van der Waals surface area contributed by atoms with Crippen LogP contribution in [0, 0.1) is 5.41 Å². The highest BCUT2D eigenvalue weighted by atomic mass is 35.5. The molecule has 0 spiro atoms. The molecule has 1 aromatic carbocycles. The number of nitrogens with one attached hydrogen (secondary N) is 1. The van der Waals surface area contributed by atoms with Gasteiger partial charge < -0.3 is 21.3 Å². The van der Waals surface area contributed by atoms with Crippen LogP contribution >= 0.6 is 24.8 Å². The molecular weight excluding hydrogens is 436 g/mol. The molecule has 29 heavy (non-hydrogen) atoms. The van der Waals surface area contributed by atoms with Crippen molar-refractivity contribution in [3.8, 4) is 11.5 Å². The average molecular weight is 455 g/mol. The molecule has 0 bridgehead atoms. The number of hydrogen-bond acceptors (Lipinski definition) is 4. The molecule has 12 heteroatoms. The largest absolute Gasteiger partial charge is 0.478 e. The third kappa shape index (κ3) is 10.2. The van der Waals surface area contributed by atoms with Crippen molar-refractivity contribution in [1.29, 1.82) is 5.41 Å². The Morgan fingerprint density at radius 2 is 1.83 bits per heavy atom. The van der Waals surface area contributed by atoms with Crippen LogP contribution in [0.3, 0.4) is 0 Å². The first-order chi connectivity index (χ1) is 12.5. The molecular formula is C17H19Cl2F3N4O3. The molecule has 0 radical (unpaired) electrons. The maximum Gasteiger partial charge on any atom is 0.420 e. The Kier molecular flexibility index (Phi) is 12.1. The Bertz CT molecular complexity index is 844. The van der Waals surface area contributed by atoms with E-state index in [2.05, 4.69) is 16.5 Å². The lowest BCUT2D eigenvalue weighted by atomic mass is 10.1. The van der Waals surface area contributed by atoms with E-state index in [-0.39, 0.29) is 53.4 Å². The van der Waals surface area contributed by atoms with Crippen molar-refractivity contribution in [3.05, 3.63) is 59.4 Å². The zero-order valence-corrected chi connectivity index (χ0v) is 16.6. The van der Waals surface area contributed by atoms with E-state index in [0.717, 1.165) is 18.2 Å². The summed E-state index contributed by atoms with van der Waals surface area (Å²) in [6.45, 7) is 1.30. The van der Waals surface area contributed by atoms with Gasteiger partial charge in [-0.05, 0) is 42.8 Å². The molecule has 1 aromatic heterocycles. The summed E-state index contributed by atoms with van der Waals surface area (Å²) in [5.41, 5.74) is 8.00. The van der Waals surface area contributed by atoms with Crippen LogP contribution in [-0.2, 0) is 11.0 Å². The fourth-order valence-electron chi connectivity index (χ4n) is 1.79. The van der Waals surface area contributed by atoms with Gasteiger partial charge in [-0.1, -0.05) is 6.07 Å². The van der Waals surface area contributed by atoms with Gasteiger partial charge in [0.1, 0.15) is 11.5 Å². The van der Waals surface area contributed by atoms with Crippen molar-refractivity contribution in [2.24, 2.45) is 11.5 Å². The molecule has 2 aromatic rings. The Morgan fingerprint density at radius 1 is 1.24 bits per heavy atom. The molecule has 6 N–H and O–H groups in total. The predicted octanol–water partition coefficient (Wildman–Crippen LogP) is 4.06. The molecule has 160 valence electrons. The molecule has 0 atom stereocenters. The molecule has 0 aliphatic rings. The van der Waals surface area contributed by atoms with Gasteiger partial charge in [-0.3, -0.25) is 10.4 Å². The number of aliphatic carboxylic acids is 1. The van der Waals surface area contributed by atoms with Gasteiger partial charge in [0.2, 0.25) is 0 Å². The number of alkyl halides is 3. The lowest BCUT2D eigenvalue weighted by Crippen LogP contribution is -2.20. The van der Waals surface area contributed by atoms with Crippen LogP contribution in [0.25, 0.3) is 6.08 Å². The second-order valence-corrected chi connectivity index (χ2v) is 5.13. The number of carbonyl (C=O) groups is 1. The number of nitrogens with zero attached hydrogens (tertiary/aromatic N) is 1. The van der Waals surface area contributed by atoms with E-state index in [0.29, 0.717) is 0 Å². The molecule has 2 rings (SSSR count). The van der Waals surface area contributed by atoms with E-state index in [4.69, 9.17) is 15.3 Å². The summed E-state index contributed by atoms with van der Waals surface area (Å²) >= 11 is 0. The van der Waals surface area contributed by atoms with Gasteiger partial charge in [0.15, 0.2) is 5.96 Å². The SMILES string of the molecule is CC(=Cc1ccc(Oc2cccnc2)c(C(F)(F)F)c1)C(=O)O.Cl.Cl.N=C(N)N. The van der Waals surface area contributed by atoms with Crippen molar-refractivity contribution in [2.75, 3.05) is 0 Å². The summed E-state index contributed by atoms with van der Waals surface area (Å²) in [6, 6.07) is 6.37. The number of hydrogen-bond donors (Lipinski definition) is 4. The predicted molar refractivity (Wildman–Crippen MR) is 108 cm³/mol. The van der Waals surface area contributed by atoms with Gasteiger partial charge in [-0.25, -0.2) is 4.79 Å². The van der Waals surface area contributed by atoms with Crippen molar-refractivity contribution >= 4 is 42.8 Å². The number of nitrogens with two attached hydrogens (primary N) is 2. The van der Waals surface area contributed by atoms with Crippen molar-refractivity contribution < 1.29 is 27.8 Å². The number of carboxylic acids is 1. The minimum absolute atomic E-state index is 0. The number of ether oxygens (including phenoxy) is 1. The molecule has 0 amide bonds. The third-order valence-electron chi connectivity index (χ3n) is 2.89. The number of aromatic nitrogens is 1.